The van der Waals surface area contributed by atoms with Crippen molar-refractivity contribution in [1.29, 1.82) is 0 Å². The van der Waals surface area contributed by atoms with Gasteiger partial charge in [-0.25, -0.2) is 0 Å². The van der Waals surface area contributed by atoms with Gasteiger partial charge in [0.1, 0.15) is 11.8 Å². The molecule has 0 radical (unpaired) electrons. The number of thiophene rings is 1. The number of aromatic nitrogens is 3. The molecule has 1 N–H and O–H groups in total. The molecule has 1 amide bonds. The van der Waals surface area contributed by atoms with Crippen molar-refractivity contribution in [3.05, 3.63) is 52.1 Å². The monoisotopic (exact) mass is 458 g/mol. The first-order valence-corrected chi connectivity index (χ1v) is 11.6. The molecule has 0 aliphatic carbocycles. The molecule has 1 aliphatic rings. The summed E-state index contributed by atoms with van der Waals surface area (Å²) in [5, 5.41) is 9.21. The van der Waals surface area contributed by atoms with Crippen LogP contribution in [0.4, 0.5) is 0 Å². The molecule has 1 aromatic carbocycles. The molecule has 164 valence electrons. The van der Waals surface area contributed by atoms with Gasteiger partial charge in [-0.1, -0.05) is 18.2 Å². The Morgan fingerprint density at radius 2 is 2.32 bits per heavy atom. The quantitative estimate of drug-likeness (QED) is 0.505. The van der Waals surface area contributed by atoms with Gasteiger partial charge in [0.05, 0.1) is 18.1 Å². The predicted octanol–water partition coefficient (Wildman–Crippen LogP) is 4.45. The van der Waals surface area contributed by atoms with Crippen molar-refractivity contribution in [3.63, 3.8) is 0 Å². The van der Waals surface area contributed by atoms with Crippen molar-refractivity contribution < 1.29 is 14.3 Å². The van der Waals surface area contributed by atoms with E-state index in [0.717, 1.165) is 35.6 Å². The van der Waals surface area contributed by atoms with E-state index in [2.05, 4.69) is 10.2 Å². The molecule has 1 fully saturated rings. The lowest BCUT2D eigenvalue weighted by Crippen LogP contribution is -2.40. The number of hydrogen-bond acceptors (Lipinski definition) is 6. The maximum Gasteiger partial charge on any atom is 0.245 e. The van der Waals surface area contributed by atoms with E-state index in [1.54, 1.807) is 23.0 Å². The number of H-pyrrole nitrogens is 1. The Bertz CT molecular complexity index is 1070. The lowest BCUT2D eigenvalue weighted by atomic mass is 10.1. The van der Waals surface area contributed by atoms with E-state index in [1.807, 2.05) is 53.6 Å². The van der Waals surface area contributed by atoms with Crippen molar-refractivity contribution in [3.8, 4) is 16.5 Å². The third-order valence-corrected chi connectivity index (χ3v) is 6.61. The number of hydrogen-bond donors (Lipinski definition) is 1. The van der Waals surface area contributed by atoms with Crippen molar-refractivity contribution in [2.45, 2.75) is 38.5 Å². The van der Waals surface area contributed by atoms with E-state index in [4.69, 9.17) is 21.7 Å². The maximum absolute atomic E-state index is 13.7. The van der Waals surface area contributed by atoms with E-state index in [-0.39, 0.29) is 12.0 Å². The Morgan fingerprint density at radius 1 is 1.45 bits per heavy atom. The summed E-state index contributed by atoms with van der Waals surface area (Å²) in [6.45, 7) is 3.63. The summed E-state index contributed by atoms with van der Waals surface area (Å²) in [7, 11) is 1.64. The Kier molecular flexibility index (Phi) is 6.84. The Balaban J connectivity index is 1.62. The Labute approximate surface area is 190 Å². The van der Waals surface area contributed by atoms with Gasteiger partial charge in [-0.2, -0.15) is 5.10 Å². The second kappa shape index (κ2) is 9.76. The summed E-state index contributed by atoms with van der Waals surface area (Å²) < 4.78 is 13.4. The average molecular weight is 459 g/mol. The largest absolute Gasteiger partial charge is 0.497 e. The molecular formula is C22H26N4O3S2. The number of ether oxygens (including phenoxy) is 2. The predicted molar refractivity (Wildman–Crippen MR) is 123 cm³/mol. The van der Waals surface area contributed by atoms with Gasteiger partial charge in [-0.3, -0.25) is 14.5 Å². The van der Waals surface area contributed by atoms with Crippen LogP contribution >= 0.6 is 23.6 Å². The van der Waals surface area contributed by atoms with E-state index in [0.29, 0.717) is 23.7 Å². The fourth-order valence-electron chi connectivity index (χ4n) is 3.88. The molecule has 0 bridgehead atoms. The van der Waals surface area contributed by atoms with Crippen LogP contribution < -0.4 is 4.74 Å². The third kappa shape index (κ3) is 4.89. The second-order valence-corrected chi connectivity index (χ2v) is 8.92. The van der Waals surface area contributed by atoms with E-state index < -0.39 is 6.04 Å². The van der Waals surface area contributed by atoms with Crippen molar-refractivity contribution in [2.75, 3.05) is 20.3 Å². The summed E-state index contributed by atoms with van der Waals surface area (Å²) in [6.07, 6.45) is 2.04. The van der Waals surface area contributed by atoms with Gasteiger partial charge in [0.2, 0.25) is 5.91 Å². The summed E-state index contributed by atoms with van der Waals surface area (Å²) in [5.41, 5.74) is 1.01. The van der Waals surface area contributed by atoms with Crippen molar-refractivity contribution in [1.82, 2.24) is 19.7 Å². The minimum Gasteiger partial charge on any atom is -0.497 e. The van der Waals surface area contributed by atoms with Crippen LogP contribution in [0.2, 0.25) is 0 Å². The number of amides is 1. The molecule has 2 atom stereocenters. The maximum atomic E-state index is 13.7. The van der Waals surface area contributed by atoms with E-state index >= 15 is 0 Å². The fourth-order valence-corrected chi connectivity index (χ4v) is 4.88. The first kappa shape index (κ1) is 21.7. The molecule has 7 nitrogen and oxygen atoms in total. The molecule has 31 heavy (non-hydrogen) atoms. The lowest BCUT2D eigenvalue weighted by Gasteiger charge is -2.29. The van der Waals surface area contributed by atoms with Crippen LogP contribution in [-0.4, -0.2) is 51.9 Å². The number of nitrogens with zero attached hydrogens (tertiary/aromatic N) is 3. The topological polar surface area (TPSA) is 72.4 Å². The molecule has 1 saturated heterocycles. The Hall–Kier alpha value is -2.49. The third-order valence-electron chi connectivity index (χ3n) is 5.46. The van der Waals surface area contributed by atoms with Crippen LogP contribution in [-0.2, 0) is 16.1 Å². The number of nitrogens with one attached hydrogen (secondary N) is 1. The number of benzene rings is 1. The zero-order chi connectivity index (χ0) is 21.8. The SMILES string of the molecule is COc1cccc(CN(CC2CCCO2)C(=O)C(C)n2c(-c3cccs3)n[nH]c2=S)c1. The van der Waals surface area contributed by atoms with Gasteiger partial charge in [-0.15, -0.1) is 11.3 Å². The molecular weight excluding hydrogens is 432 g/mol. The van der Waals surface area contributed by atoms with E-state index in [1.165, 1.54) is 0 Å². The summed E-state index contributed by atoms with van der Waals surface area (Å²) >= 11 is 7.04. The van der Waals surface area contributed by atoms with Crippen LogP contribution in [0.5, 0.6) is 5.75 Å². The highest BCUT2D eigenvalue weighted by atomic mass is 32.1. The van der Waals surface area contributed by atoms with Crippen LogP contribution in [0, 0.1) is 4.77 Å². The van der Waals surface area contributed by atoms with Gasteiger partial charge in [-0.05, 0) is 61.1 Å². The van der Waals surface area contributed by atoms with Gasteiger partial charge >= 0.3 is 0 Å². The van der Waals surface area contributed by atoms with Crippen LogP contribution in [0.1, 0.15) is 31.4 Å². The molecule has 4 rings (SSSR count). The average Bonchev–Trinajstić information content (AvgIpc) is 3.54. The second-order valence-electron chi connectivity index (χ2n) is 7.58. The molecule has 3 aromatic rings. The molecule has 0 saturated carbocycles. The van der Waals surface area contributed by atoms with Gasteiger partial charge in [0.15, 0.2) is 10.6 Å². The Morgan fingerprint density at radius 3 is 3.03 bits per heavy atom. The molecule has 2 unspecified atom stereocenters. The summed E-state index contributed by atoms with van der Waals surface area (Å²) in [5.74, 6) is 1.43. The van der Waals surface area contributed by atoms with Crippen LogP contribution in [0.25, 0.3) is 10.7 Å². The standard InChI is InChI=1S/C22H26N4O3S2/c1-15(26-20(23-24-22(26)30)19-9-5-11-31-19)21(27)25(14-18-8-4-10-29-18)13-16-6-3-7-17(12-16)28-2/h3,5-7,9,11-12,15,18H,4,8,10,13-14H2,1-2H3,(H,24,30). The molecule has 0 spiro atoms. The summed E-state index contributed by atoms with van der Waals surface area (Å²) in [6, 6.07) is 11.2. The highest BCUT2D eigenvalue weighted by molar-refractivity contribution is 7.71. The minimum atomic E-state index is -0.504. The van der Waals surface area contributed by atoms with Crippen molar-refractivity contribution in [2.24, 2.45) is 0 Å². The van der Waals surface area contributed by atoms with Crippen LogP contribution in [0.3, 0.4) is 0 Å². The normalized spacial score (nSPS) is 16.9. The number of carbonyl (C=O) groups excluding carboxylic acids is 1. The van der Waals surface area contributed by atoms with Gasteiger partial charge in [0, 0.05) is 19.7 Å². The zero-order valence-corrected chi connectivity index (χ0v) is 19.2. The molecule has 3 heterocycles. The first-order chi connectivity index (χ1) is 15.1. The number of rotatable bonds is 8. The van der Waals surface area contributed by atoms with E-state index in [9.17, 15) is 4.79 Å². The molecule has 2 aromatic heterocycles. The van der Waals surface area contributed by atoms with Crippen LogP contribution in [0.15, 0.2) is 41.8 Å². The lowest BCUT2D eigenvalue weighted by molar-refractivity contribution is -0.136. The molecule has 9 heteroatoms. The fraction of sp³-hybridized carbons (Fsp3) is 0.409. The van der Waals surface area contributed by atoms with Gasteiger partial charge < -0.3 is 14.4 Å². The molecule has 1 aliphatic heterocycles. The van der Waals surface area contributed by atoms with Crippen molar-refractivity contribution >= 4 is 29.5 Å². The first-order valence-electron chi connectivity index (χ1n) is 10.3. The van der Waals surface area contributed by atoms with Gasteiger partial charge in [0.25, 0.3) is 0 Å². The summed E-state index contributed by atoms with van der Waals surface area (Å²) in [4.78, 5) is 16.5. The highest BCUT2D eigenvalue weighted by Crippen LogP contribution is 2.27. The zero-order valence-electron chi connectivity index (χ0n) is 17.6. The number of aromatic amines is 1. The number of methoxy groups -OCH3 is 1. The smallest absolute Gasteiger partial charge is 0.245 e. The number of carbonyl (C=O) groups is 1. The minimum absolute atomic E-state index is 0.0198. The highest BCUT2D eigenvalue weighted by Gasteiger charge is 2.29.